The molecule has 1 aromatic heterocycles. The van der Waals surface area contributed by atoms with Gasteiger partial charge in [0.15, 0.2) is 11.5 Å². The van der Waals surface area contributed by atoms with Crippen LogP contribution in [0, 0.1) is 17.5 Å². The lowest BCUT2D eigenvalue weighted by molar-refractivity contribution is 0.279. The molecule has 1 N–H and O–H groups in total. The zero-order valence-electron chi connectivity index (χ0n) is 15.2. The molecule has 0 aliphatic heterocycles. The SMILES string of the molecule is COc1cc(/C=N\n2c(=S)[nH]nc(C)c2=O)ccc1OCc1ccccc1F. The van der Waals surface area contributed by atoms with E-state index in [4.69, 9.17) is 21.7 Å². The van der Waals surface area contributed by atoms with Crippen molar-refractivity contribution in [3.05, 3.63) is 80.2 Å². The third-order valence-electron chi connectivity index (χ3n) is 3.86. The molecule has 0 unspecified atom stereocenters. The highest BCUT2D eigenvalue weighted by Gasteiger charge is 2.08. The number of benzene rings is 2. The lowest BCUT2D eigenvalue weighted by Crippen LogP contribution is -2.22. The molecule has 9 heteroatoms. The zero-order valence-corrected chi connectivity index (χ0v) is 16.0. The summed E-state index contributed by atoms with van der Waals surface area (Å²) < 4.78 is 25.9. The van der Waals surface area contributed by atoms with Crippen LogP contribution in [0.1, 0.15) is 16.8 Å². The third-order valence-corrected chi connectivity index (χ3v) is 4.13. The van der Waals surface area contributed by atoms with Crippen LogP contribution in [0.25, 0.3) is 0 Å². The third kappa shape index (κ3) is 4.32. The van der Waals surface area contributed by atoms with Crippen LogP contribution in [0.5, 0.6) is 11.5 Å². The van der Waals surface area contributed by atoms with Gasteiger partial charge in [-0.3, -0.25) is 9.89 Å². The summed E-state index contributed by atoms with van der Waals surface area (Å²) in [5.74, 6) is 0.570. The minimum atomic E-state index is -0.406. The van der Waals surface area contributed by atoms with Crippen molar-refractivity contribution in [3.8, 4) is 11.5 Å². The van der Waals surface area contributed by atoms with Crippen molar-refractivity contribution < 1.29 is 13.9 Å². The van der Waals surface area contributed by atoms with Crippen LogP contribution in [0.3, 0.4) is 0 Å². The van der Waals surface area contributed by atoms with Gasteiger partial charge in [-0.05, 0) is 49.0 Å². The fraction of sp³-hybridized carbons (Fsp3) is 0.158. The minimum absolute atomic E-state index is 0.0668. The van der Waals surface area contributed by atoms with Gasteiger partial charge >= 0.3 is 0 Å². The van der Waals surface area contributed by atoms with Gasteiger partial charge in [-0.2, -0.15) is 14.9 Å². The molecule has 0 saturated carbocycles. The molecule has 0 fully saturated rings. The molecular weight excluding hydrogens is 383 g/mol. The number of aromatic amines is 1. The molecule has 0 spiro atoms. The first-order valence-corrected chi connectivity index (χ1v) is 8.67. The van der Waals surface area contributed by atoms with Crippen molar-refractivity contribution in [2.24, 2.45) is 5.10 Å². The summed E-state index contributed by atoms with van der Waals surface area (Å²) in [4.78, 5) is 12.1. The largest absolute Gasteiger partial charge is 0.493 e. The molecule has 0 saturated heterocycles. The Hall–Kier alpha value is -3.33. The van der Waals surface area contributed by atoms with E-state index < -0.39 is 5.56 Å². The number of hydrogen-bond donors (Lipinski definition) is 1. The predicted molar refractivity (Wildman–Crippen MR) is 105 cm³/mol. The van der Waals surface area contributed by atoms with Gasteiger partial charge in [-0.15, -0.1) is 0 Å². The van der Waals surface area contributed by atoms with E-state index >= 15 is 0 Å². The summed E-state index contributed by atoms with van der Waals surface area (Å²) in [5.41, 5.74) is 0.944. The first-order valence-electron chi connectivity index (χ1n) is 8.26. The number of rotatable bonds is 6. The normalized spacial score (nSPS) is 11.0. The maximum absolute atomic E-state index is 13.7. The Morgan fingerprint density at radius 3 is 2.82 bits per heavy atom. The van der Waals surface area contributed by atoms with Gasteiger partial charge in [-0.1, -0.05) is 18.2 Å². The van der Waals surface area contributed by atoms with Crippen molar-refractivity contribution >= 4 is 18.4 Å². The van der Waals surface area contributed by atoms with Crippen molar-refractivity contribution in [1.29, 1.82) is 0 Å². The first-order chi connectivity index (χ1) is 13.5. The Morgan fingerprint density at radius 2 is 2.07 bits per heavy atom. The monoisotopic (exact) mass is 400 g/mol. The van der Waals surface area contributed by atoms with Crippen molar-refractivity contribution in [2.75, 3.05) is 7.11 Å². The van der Waals surface area contributed by atoms with Gasteiger partial charge in [0.05, 0.1) is 13.3 Å². The number of halogens is 1. The van der Waals surface area contributed by atoms with E-state index in [0.717, 1.165) is 4.68 Å². The molecule has 7 nitrogen and oxygen atoms in total. The molecule has 0 radical (unpaired) electrons. The second-order valence-electron chi connectivity index (χ2n) is 5.77. The number of H-pyrrole nitrogens is 1. The van der Waals surface area contributed by atoms with Crippen LogP contribution in [-0.4, -0.2) is 28.2 Å². The zero-order chi connectivity index (χ0) is 20.1. The Morgan fingerprint density at radius 1 is 1.29 bits per heavy atom. The number of aromatic nitrogens is 3. The number of nitrogens with zero attached hydrogens (tertiary/aromatic N) is 3. The Balaban J connectivity index is 1.82. The molecular formula is C19H17FN4O3S. The number of aryl methyl sites for hydroxylation is 1. The summed E-state index contributed by atoms with van der Waals surface area (Å²) in [7, 11) is 1.50. The maximum atomic E-state index is 13.7. The number of ether oxygens (including phenoxy) is 2. The standard InChI is InChI=1S/C19H17FN4O3S/c1-12-18(25)24(19(28)23-22-12)21-10-13-7-8-16(17(9-13)26-2)27-11-14-5-3-4-6-15(14)20/h3-10H,11H2,1-2H3,(H,23,28)/b21-10-. The highest BCUT2D eigenvalue weighted by Crippen LogP contribution is 2.28. The van der Waals surface area contributed by atoms with Crippen LogP contribution < -0.4 is 15.0 Å². The van der Waals surface area contributed by atoms with Gasteiger partial charge < -0.3 is 9.47 Å². The lowest BCUT2D eigenvalue weighted by Gasteiger charge is -2.11. The summed E-state index contributed by atoms with van der Waals surface area (Å²) in [5, 5.41) is 10.4. The Kier molecular flexibility index (Phi) is 5.95. The fourth-order valence-electron chi connectivity index (χ4n) is 2.36. The van der Waals surface area contributed by atoms with E-state index in [2.05, 4.69) is 15.3 Å². The summed E-state index contributed by atoms with van der Waals surface area (Å²) >= 11 is 5.03. The highest BCUT2D eigenvalue weighted by atomic mass is 32.1. The average molecular weight is 400 g/mol. The van der Waals surface area contributed by atoms with Crippen LogP contribution in [-0.2, 0) is 6.61 Å². The van der Waals surface area contributed by atoms with Gasteiger partial charge in [0.2, 0.25) is 4.77 Å². The van der Waals surface area contributed by atoms with Crippen LogP contribution in [0.15, 0.2) is 52.4 Å². The van der Waals surface area contributed by atoms with E-state index in [1.807, 2.05) is 0 Å². The van der Waals surface area contributed by atoms with Gasteiger partial charge in [0.1, 0.15) is 18.1 Å². The molecule has 3 rings (SSSR count). The fourth-order valence-corrected chi connectivity index (χ4v) is 2.53. The van der Waals surface area contributed by atoms with Gasteiger partial charge in [0, 0.05) is 5.56 Å². The smallest absolute Gasteiger partial charge is 0.296 e. The predicted octanol–water partition coefficient (Wildman–Crippen LogP) is 3.22. The van der Waals surface area contributed by atoms with Crippen LogP contribution >= 0.6 is 12.2 Å². The Labute approximate surface area is 165 Å². The molecule has 0 bridgehead atoms. The number of hydrogen-bond acceptors (Lipinski definition) is 6. The highest BCUT2D eigenvalue weighted by molar-refractivity contribution is 7.71. The number of methoxy groups -OCH3 is 1. The van der Waals surface area contributed by atoms with Crippen molar-refractivity contribution in [3.63, 3.8) is 0 Å². The van der Waals surface area contributed by atoms with Gasteiger partial charge in [0.25, 0.3) is 5.56 Å². The maximum Gasteiger partial charge on any atom is 0.296 e. The van der Waals surface area contributed by atoms with E-state index in [1.54, 1.807) is 43.3 Å². The van der Waals surface area contributed by atoms with Crippen molar-refractivity contribution in [1.82, 2.24) is 14.9 Å². The number of nitrogens with one attached hydrogen (secondary N) is 1. The first kappa shape index (κ1) is 19.4. The molecule has 0 aliphatic carbocycles. The molecule has 144 valence electrons. The summed E-state index contributed by atoms with van der Waals surface area (Å²) in [6, 6.07) is 11.5. The Bertz CT molecular complexity index is 1140. The average Bonchev–Trinajstić information content (AvgIpc) is 2.70. The second kappa shape index (κ2) is 8.57. The summed E-state index contributed by atoms with van der Waals surface area (Å²) in [6.45, 7) is 1.63. The lowest BCUT2D eigenvalue weighted by atomic mass is 10.2. The van der Waals surface area contributed by atoms with E-state index in [-0.39, 0.29) is 22.9 Å². The van der Waals surface area contributed by atoms with Crippen LogP contribution in [0.4, 0.5) is 4.39 Å². The topological polar surface area (TPSA) is 81.5 Å². The molecule has 0 atom stereocenters. The minimum Gasteiger partial charge on any atom is -0.493 e. The van der Waals surface area contributed by atoms with Gasteiger partial charge in [-0.25, -0.2) is 4.39 Å². The van der Waals surface area contributed by atoms with E-state index in [1.165, 1.54) is 19.4 Å². The summed E-state index contributed by atoms with van der Waals surface area (Å²) in [6.07, 6.45) is 1.47. The van der Waals surface area contributed by atoms with E-state index in [0.29, 0.717) is 22.6 Å². The van der Waals surface area contributed by atoms with Crippen molar-refractivity contribution in [2.45, 2.75) is 13.5 Å². The molecule has 28 heavy (non-hydrogen) atoms. The molecule has 1 heterocycles. The quantitative estimate of drug-likeness (QED) is 0.508. The molecule has 0 aliphatic rings. The molecule has 2 aromatic carbocycles. The molecule has 0 amide bonds. The molecule has 3 aromatic rings. The second-order valence-corrected chi connectivity index (χ2v) is 6.15. The van der Waals surface area contributed by atoms with Crippen LogP contribution in [0.2, 0.25) is 0 Å². The van der Waals surface area contributed by atoms with E-state index in [9.17, 15) is 9.18 Å².